The standard InChI is InChI=1S/C16H12N4O3/c1-23-15-11(5-10(6-17)7-19-15)8-20-9-12(16(21)22)14-13(20)3-2-4-18-14/h2-5,7,9H,8H2,1H3,(H,21,22). The molecule has 0 aromatic carbocycles. The lowest BCUT2D eigenvalue weighted by molar-refractivity contribution is 0.0698. The highest BCUT2D eigenvalue weighted by Crippen LogP contribution is 2.23. The van der Waals surface area contributed by atoms with E-state index in [0.29, 0.717) is 34.6 Å². The summed E-state index contributed by atoms with van der Waals surface area (Å²) in [4.78, 5) is 19.6. The molecule has 7 heteroatoms. The van der Waals surface area contributed by atoms with Crippen molar-refractivity contribution in [3.63, 3.8) is 0 Å². The lowest BCUT2D eigenvalue weighted by atomic mass is 10.2. The molecule has 0 atom stereocenters. The first-order valence-electron chi connectivity index (χ1n) is 6.74. The van der Waals surface area contributed by atoms with Gasteiger partial charge in [0.05, 0.1) is 24.7 Å². The molecule has 0 aliphatic rings. The van der Waals surface area contributed by atoms with Crippen molar-refractivity contribution in [2.75, 3.05) is 7.11 Å². The van der Waals surface area contributed by atoms with E-state index >= 15 is 0 Å². The molecule has 0 saturated heterocycles. The molecule has 0 amide bonds. The van der Waals surface area contributed by atoms with Crippen molar-refractivity contribution in [3.05, 3.63) is 53.5 Å². The second kappa shape index (κ2) is 5.77. The van der Waals surface area contributed by atoms with Gasteiger partial charge in [-0.05, 0) is 18.2 Å². The van der Waals surface area contributed by atoms with Crippen LogP contribution in [0.1, 0.15) is 21.5 Å². The second-order valence-corrected chi connectivity index (χ2v) is 4.85. The molecule has 3 rings (SSSR count). The Morgan fingerprint density at radius 1 is 1.48 bits per heavy atom. The Bertz CT molecular complexity index is 940. The van der Waals surface area contributed by atoms with Crippen molar-refractivity contribution >= 4 is 17.0 Å². The van der Waals surface area contributed by atoms with Crippen molar-refractivity contribution in [2.45, 2.75) is 6.54 Å². The zero-order chi connectivity index (χ0) is 16.4. The molecule has 0 spiro atoms. The highest BCUT2D eigenvalue weighted by Gasteiger charge is 2.16. The topological polar surface area (TPSA) is 101 Å². The number of aromatic carboxylic acids is 1. The van der Waals surface area contributed by atoms with E-state index in [-0.39, 0.29) is 5.56 Å². The minimum Gasteiger partial charge on any atom is -0.481 e. The van der Waals surface area contributed by atoms with Gasteiger partial charge in [0.25, 0.3) is 0 Å². The summed E-state index contributed by atoms with van der Waals surface area (Å²) in [5.41, 5.74) is 2.33. The molecule has 0 aliphatic carbocycles. The minimum atomic E-state index is -1.04. The highest BCUT2D eigenvalue weighted by atomic mass is 16.5. The van der Waals surface area contributed by atoms with Gasteiger partial charge >= 0.3 is 5.97 Å². The number of aromatic nitrogens is 3. The summed E-state index contributed by atoms with van der Waals surface area (Å²) in [5.74, 6) is -0.644. The summed E-state index contributed by atoms with van der Waals surface area (Å²) in [6.45, 7) is 0.321. The molecule has 1 N–H and O–H groups in total. The van der Waals surface area contributed by atoms with E-state index in [0.717, 1.165) is 0 Å². The van der Waals surface area contributed by atoms with E-state index in [1.165, 1.54) is 19.5 Å². The minimum absolute atomic E-state index is 0.129. The second-order valence-electron chi connectivity index (χ2n) is 4.85. The van der Waals surface area contributed by atoms with E-state index < -0.39 is 5.97 Å². The Kier molecular flexibility index (Phi) is 3.65. The van der Waals surface area contributed by atoms with Crippen LogP contribution >= 0.6 is 0 Å². The summed E-state index contributed by atoms with van der Waals surface area (Å²) in [5, 5.41) is 18.3. The third-order valence-electron chi connectivity index (χ3n) is 3.45. The van der Waals surface area contributed by atoms with Crippen LogP contribution in [0, 0.1) is 11.3 Å². The van der Waals surface area contributed by atoms with Crippen molar-refractivity contribution in [1.82, 2.24) is 14.5 Å². The zero-order valence-corrected chi connectivity index (χ0v) is 12.2. The van der Waals surface area contributed by atoms with Gasteiger partial charge < -0.3 is 14.4 Å². The quantitative estimate of drug-likeness (QED) is 0.791. The molecule has 0 fully saturated rings. The van der Waals surface area contributed by atoms with Crippen LogP contribution in [-0.2, 0) is 6.54 Å². The molecule has 23 heavy (non-hydrogen) atoms. The van der Waals surface area contributed by atoms with Gasteiger partial charge in [-0.25, -0.2) is 9.78 Å². The third-order valence-corrected chi connectivity index (χ3v) is 3.45. The van der Waals surface area contributed by atoms with Gasteiger partial charge in [-0.1, -0.05) is 0 Å². The predicted molar refractivity (Wildman–Crippen MR) is 81.3 cm³/mol. The molecule has 3 aromatic heterocycles. The molecule has 0 bridgehead atoms. The molecule has 0 aliphatic heterocycles. The van der Waals surface area contributed by atoms with Crippen LogP contribution in [0.5, 0.6) is 5.88 Å². The number of ether oxygens (including phenoxy) is 1. The molecule has 3 aromatic rings. The van der Waals surface area contributed by atoms with Crippen LogP contribution in [0.15, 0.2) is 36.8 Å². The van der Waals surface area contributed by atoms with Crippen LogP contribution in [0.3, 0.4) is 0 Å². The number of pyridine rings is 2. The van der Waals surface area contributed by atoms with Gasteiger partial charge in [-0.15, -0.1) is 0 Å². The predicted octanol–water partition coefficient (Wildman–Crippen LogP) is 2.06. The largest absolute Gasteiger partial charge is 0.481 e. The SMILES string of the molecule is COc1ncc(C#N)cc1Cn1cc(C(=O)O)c2ncccc21. The Balaban J connectivity index is 2.13. The first-order valence-corrected chi connectivity index (χ1v) is 6.74. The molecular formula is C16H12N4O3. The van der Waals surface area contributed by atoms with Crippen LogP contribution in [-0.4, -0.2) is 32.7 Å². The normalized spacial score (nSPS) is 10.4. The maximum Gasteiger partial charge on any atom is 0.339 e. The Labute approximate surface area is 131 Å². The van der Waals surface area contributed by atoms with Gasteiger partial charge in [0.2, 0.25) is 5.88 Å². The molecular weight excluding hydrogens is 296 g/mol. The third kappa shape index (κ3) is 2.58. The number of methoxy groups -OCH3 is 1. The number of carbonyl (C=O) groups is 1. The average molecular weight is 308 g/mol. The molecule has 0 saturated carbocycles. The first-order chi connectivity index (χ1) is 11.1. The van der Waals surface area contributed by atoms with Crippen LogP contribution in [0.2, 0.25) is 0 Å². The van der Waals surface area contributed by atoms with Crippen molar-refractivity contribution in [2.24, 2.45) is 0 Å². The Morgan fingerprint density at radius 3 is 3.00 bits per heavy atom. The summed E-state index contributed by atoms with van der Waals surface area (Å²) in [6.07, 6.45) is 4.51. The highest BCUT2D eigenvalue weighted by molar-refractivity contribution is 6.01. The summed E-state index contributed by atoms with van der Waals surface area (Å²) in [6, 6.07) is 7.24. The molecule has 0 radical (unpaired) electrons. The zero-order valence-electron chi connectivity index (χ0n) is 12.2. The lowest BCUT2D eigenvalue weighted by Crippen LogP contribution is -2.03. The fourth-order valence-electron chi connectivity index (χ4n) is 2.45. The average Bonchev–Trinajstić information content (AvgIpc) is 2.94. The van der Waals surface area contributed by atoms with Crippen molar-refractivity contribution < 1.29 is 14.6 Å². The number of nitriles is 1. The van der Waals surface area contributed by atoms with E-state index in [4.69, 9.17) is 10.00 Å². The summed E-state index contributed by atoms with van der Waals surface area (Å²) >= 11 is 0. The Morgan fingerprint density at radius 2 is 2.30 bits per heavy atom. The summed E-state index contributed by atoms with van der Waals surface area (Å²) < 4.78 is 6.97. The first kappa shape index (κ1) is 14.5. The van der Waals surface area contributed by atoms with Crippen LogP contribution < -0.4 is 4.74 Å². The van der Waals surface area contributed by atoms with Gasteiger partial charge in [-0.3, -0.25) is 4.98 Å². The maximum absolute atomic E-state index is 11.4. The van der Waals surface area contributed by atoms with Crippen LogP contribution in [0.4, 0.5) is 0 Å². The van der Waals surface area contributed by atoms with Crippen LogP contribution in [0.25, 0.3) is 11.0 Å². The molecule has 0 unspecified atom stereocenters. The molecule has 3 heterocycles. The Hall–Kier alpha value is -3.40. The van der Waals surface area contributed by atoms with Crippen molar-refractivity contribution in [1.29, 1.82) is 5.26 Å². The van der Waals surface area contributed by atoms with Gasteiger partial charge in [-0.2, -0.15) is 5.26 Å². The fraction of sp³-hybridized carbons (Fsp3) is 0.125. The van der Waals surface area contributed by atoms with E-state index in [9.17, 15) is 9.90 Å². The lowest BCUT2D eigenvalue weighted by Gasteiger charge is -2.09. The van der Waals surface area contributed by atoms with Crippen molar-refractivity contribution in [3.8, 4) is 11.9 Å². The van der Waals surface area contributed by atoms with E-state index in [1.807, 2.05) is 6.07 Å². The number of nitrogens with zero attached hydrogens (tertiary/aromatic N) is 4. The number of rotatable bonds is 4. The number of fused-ring (bicyclic) bond motifs is 1. The number of carboxylic acids is 1. The summed E-state index contributed by atoms with van der Waals surface area (Å²) in [7, 11) is 1.50. The maximum atomic E-state index is 11.4. The van der Waals surface area contributed by atoms with E-state index in [2.05, 4.69) is 9.97 Å². The number of hydrogen-bond donors (Lipinski definition) is 1. The van der Waals surface area contributed by atoms with Gasteiger partial charge in [0.1, 0.15) is 17.1 Å². The molecule has 114 valence electrons. The smallest absolute Gasteiger partial charge is 0.339 e. The number of carboxylic acid groups (broad SMARTS) is 1. The fourth-order valence-corrected chi connectivity index (χ4v) is 2.45. The molecule has 7 nitrogen and oxygen atoms in total. The monoisotopic (exact) mass is 308 g/mol. The van der Waals surface area contributed by atoms with Gasteiger partial charge in [0, 0.05) is 24.2 Å². The number of hydrogen-bond acceptors (Lipinski definition) is 5. The van der Waals surface area contributed by atoms with E-state index in [1.54, 1.807) is 29.0 Å². The van der Waals surface area contributed by atoms with Gasteiger partial charge in [0.15, 0.2) is 0 Å².